The van der Waals surface area contributed by atoms with Crippen LogP contribution in [0.1, 0.15) is 15.9 Å². The van der Waals surface area contributed by atoms with E-state index in [1.54, 1.807) is 19.4 Å². The van der Waals surface area contributed by atoms with Gasteiger partial charge in [0.05, 0.1) is 18.4 Å². The van der Waals surface area contributed by atoms with E-state index >= 15 is 0 Å². The molecule has 0 aliphatic carbocycles. The number of amides is 1. The number of anilines is 1. The van der Waals surface area contributed by atoms with Crippen molar-refractivity contribution >= 4 is 11.6 Å². The van der Waals surface area contributed by atoms with Crippen molar-refractivity contribution in [3.8, 4) is 5.75 Å². The molecular weight excluding hydrogens is 256 g/mol. The van der Waals surface area contributed by atoms with E-state index in [9.17, 15) is 4.79 Å². The molecule has 2 aromatic rings. The highest BCUT2D eigenvalue weighted by molar-refractivity contribution is 5.99. The molecule has 2 rings (SSSR count). The molecule has 20 heavy (non-hydrogen) atoms. The van der Waals surface area contributed by atoms with E-state index in [4.69, 9.17) is 10.6 Å². The number of nitrogens with one attached hydrogen (secondary N) is 2. The first-order valence-corrected chi connectivity index (χ1v) is 6.07. The van der Waals surface area contributed by atoms with E-state index in [2.05, 4.69) is 15.7 Å². The third-order valence-electron chi connectivity index (χ3n) is 2.85. The van der Waals surface area contributed by atoms with Crippen molar-refractivity contribution < 1.29 is 9.53 Å². The Kier molecular flexibility index (Phi) is 4.52. The van der Waals surface area contributed by atoms with Gasteiger partial charge in [0, 0.05) is 24.5 Å². The highest BCUT2D eigenvalue weighted by atomic mass is 16.5. The zero-order chi connectivity index (χ0) is 14.4. The number of para-hydroxylation sites is 1. The Bertz CT molecular complexity index is 601. The average molecular weight is 272 g/mol. The summed E-state index contributed by atoms with van der Waals surface area (Å²) in [5.41, 5.74) is 4.29. The number of hydrogen-bond acceptors (Lipinski definition) is 5. The van der Waals surface area contributed by atoms with Crippen LogP contribution in [-0.4, -0.2) is 18.0 Å². The molecule has 0 spiro atoms. The molecule has 0 unspecified atom stereocenters. The number of benzene rings is 1. The molecule has 0 bridgehead atoms. The third kappa shape index (κ3) is 3.04. The Morgan fingerprint density at radius 2 is 2.15 bits per heavy atom. The lowest BCUT2D eigenvalue weighted by Gasteiger charge is -2.11. The fraction of sp³-hybridized carbons (Fsp3) is 0.143. The molecule has 0 fully saturated rings. The van der Waals surface area contributed by atoms with Crippen molar-refractivity contribution in [2.75, 3.05) is 12.5 Å². The molecule has 4 N–H and O–H groups in total. The number of nitrogens with zero attached hydrogens (tertiary/aromatic N) is 1. The topological polar surface area (TPSA) is 89.3 Å². The molecule has 0 atom stereocenters. The second kappa shape index (κ2) is 6.53. The largest absolute Gasteiger partial charge is 0.496 e. The van der Waals surface area contributed by atoms with Crippen LogP contribution in [-0.2, 0) is 6.54 Å². The van der Waals surface area contributed by atoms with Gasteiger partial charge in [0.2, 0.25) is 0 Å². The summed E-state index contributed by atoms with van der Waals surface area (Å²) in [6.45, 7) is 0.363. The second-order valence-electron chi connectivity index (χ2n) is 4.06. The number of nitrogens with two attached hydrogens (primary N) is 1. The first-order chi connectivity index (χ1) is 9.76. The van der Waals surface area contributed by atoms with Crippen LogP contribution in [0.3, 0.4) is 0 Å². The molecule has 0 saturated carbocycles. The lowest BCUT2D eigenvalue weighted by Crippen LogP contribution is -2.25. The predicted octanol–water partition coefficient (Wildman–Crippen LogP) is 1.31. The smallest absolute Gasteiger partial charge is 0.255 e. The highest BCUT2D eigenvalue weighted by Gasteiger charge is 2.11. The number of aromatic nitrogens is 1. The Labute approximate surface area is 116 Å². The average Bonchev–Trinajstić information content (AvgIpc) is 2.52. The van der Waals surface area contributed by atoms with Gasteiger partial charge in [0.25, 0.3) is 5.91 Å². The van der Waals surface area contributed by atoms with Crippen molar-refractivity contribution in [1.29, 1.82) is 0 Å². The molecule has 1 aromatic carbocycles. The van der Waals surface area contributed by atoms with E-state index in [0.717, 1.165) is 11.3 Å². The number of carbonyl (C=O) groups excluding carboxylic acids is 1. The number of nitrogen functional groups attached to an aromatic ring is 1. The van der Waals surface area contributed by atoms with Crippen LogP contribution >= 0.6 is 0 Å². The summed E-state index contributed by atoms with van der Waals surface area (Å²) in [7, 11) is 1.60. The predicted molar refractivity (Wildman–Crippen MR) is 76.2 cm³/mol. The maximum absolute atomic E-state index is 12.1. The summed E-state index contributed by atoms with van der Waals surface area (Å²) in [6.07, 6.45) is 3.03. The van der Waals surface area contributed by atoms with E-state index < -0.39 is 0 Å². The van der Waals surface area contributed by atoms with Crippen molar-refractivity contribution in [2.24, 2.45) is 5.84 Å². The minimum absolute atomic E-state index is 0.253. The second-order valence-corrected chi connectivity index (χ2v) is 4.06. The number of hydrazine groups is 1. The zero-order valence-corrected chi connectivity index (χ0v) is 11.1. The minimum Gasteiger partial charge on any atom is -0.496 e. The Balaban J connectivity index is 2.09. The van der Waals surface area contributed by atoms with Gasteiger partial charge in [-0.1, -0.05) is 18.2 Å². The summed E-state index contributed by atoms with van der Waals surface area (Å²) in [4.78, 5) is 16.0. The van der Waals surface area contributed by atoms with E-state index in [1.807, 2.05) is 24.3 Å². The molecule has 1 amide bonds. The Morgan fingerprint density at radius 3 is 2.90 bits per heavy atom. The molecule has 104 valence electrons. The van der Waals surface area contributed by atoms with Crippen molar-refractivity contribution in [3.63, 3.8) is 0 Å². The van der Waals surface area contributed by atoms with Crippen LogP contribution in [0.25, 0.3) is 0 Å². The fourth-order valence-electron chi connectivity index (χ4n) is 1.82. The first kappa shape index (κ1) is 13.8. The van der Waals surface area contributed by atoms with Crippen molar-refractivity contribution in [2.45, 2.75) is 6.54 Å². The SMILES string of the molecule is COc1ccccc1CNC(=O)c1cnccc1NN. The Hall–Kier alpha value is -2.60. The van der Waals surface area contributed by atoms with Crippen LogP contribution in [0.2, 0.25) is 0 Å². The molecule has 0 saturated heterocycles. The zero-order valence-electron chi connectivity index (χ0n) is 11.1. The Morgan fingerprint density at radius 1 is 1.35 bits per heavy atom. The van der Waals surface area contributed by atoms with Crippen LogP contribution < -0.4 is 21.3 Å². The molecule has 1 heterocycles. The number of methoxy groups -OCH3 is 1. The quantitative estimate of drug-likeness (QED) is 0.564. The number of ether oxygens (including phenoxy) is 1. The number of rotatable bonds is 5. The van der Waals surface area contributed by atoms with Gasteiger partial charge in [-0.3, -0.25) is 15.6 Å². The van der Waals surface area contributed by atoms with Crippen LogP contribution in [0, 0.1) is 0 Å². The molecule has 6 heteroatoms. The van der Waals surface area contributed by atoms with Gasteiger partial charge in [0.1, 0.15) is 5.75 Å². The van der Waals surface area contributed by atoms with Crippen molar-refractivity contribution in [3.05, 3.63) is 53.9 Å². The van der Waals surface area contributed by atoms with Gasteiger partial charge >= 0.3 is 0 Å². The molecule has 0 aliphatic heterocycles. The maximum atomic E-state index is 12.1. The summed E-state index contributed by atoms with van der Waals surface area (Å²) in [5.74, 6) is 5.84. The van der Waals surface area contributed by atoms with Crippen LogP contribution in [0.15, 0.2) is 42.7 Å². The molecule has 0 aliphatic rings. The maximum Gasteiger partial charge on any atom is 0.255 e. The van der Waals surface area contributed by atoms with Crippen LogP contribution in [0.5, 0.6) is 5.75 Å². The normalized spacial score (nSPS) is 9.90. The summed E-state index contributed by atoms with van der Waals surface area (Å²) < 4.78 is 5.23. The van der Waals surface area contributed by atoms with E-state index in [-0.39, 0.29) is 5.91 Å². The molecule has 0 radical (unpaired) electrons. The summed E-state index contributed by atoms with van der Waals surface area (Å²) in [6, 6.07) is 9.14. The number of pyridine rings is 1. The summed E-state index contributed by atoms with van der Waals surface area (Å²) in [5, 5.41) is 2.81. The molecule has 1 aromatic heterocycles. The van der Waals surface area contributed by atoms with Gasteiger partial charge in [-0.05, 0) is 12.1 Å². The summed E-state index contributed by atoms with van der Waals surface area (Å²) >= 11 is 0. The lowest BCUT2D eigenvalue weighted by atomic mass is 10.2. The van der Waals surface area contributed by atoms with Gasteiger partial charge in [-0.25, -0.2) is 0 Å². The molecule has 6 nitrogen and oxygen atoms in total. The monoisotopic (exact) mass is 272 g/mol. The fourth-order valence-corrected chi connectivity index (χ4v) is 1.82. The first-order valence-electron chi connectivity index (χ1n) is 6.07. The van der Waals surface area contributed by atoms with Crippen LogP contribution in [0.4, 0.5) is 5.69 Å². The van der Waals surface area contributed by atoms with Gasteiger partial charge in [0.15, 0.2) is 0 Å². The van der Waals surface area contributed by atoms with Gasteiger partial charge in [-0.15, -0.1) is 0 Å². The number of carbonyl (C=O) groups is 1. The molecular formula is C14H16N4O2. The van der Waals surface area contributed by atoms with E-state index in [1.165, 1.54) is 6.20 Å². The van der Waals surface area contributed by atoms with Crippen molar-refractivity contribution in [1.82, 2.24) is 10.3 Å². The number of hydrogen-bond donors (Lipinski definition) is 3. The standard InChI is InChI=1S/C14H16N4O2/c1-20-13-5-3-2-4-10(13)8-17-14(19)11-9-16-7-6-12(11)18-15/h2-7,9H,8,15H2,1H3,(H,16,18)(H,17,19). The minimum atomic E-state index is -0.253. The van der Waals surface area contributed by atoms with E-state index in [0.29, 0.717) is 17.8 Å². The lowest BCUT2D eigenvalue weighted by molar-refractivity contribution is 0.0951. The third-order valence-corrected chi connectivity index (χ3v) is 2.85. The van der Waals surface area contributed by atoms with Gasteiger partial charge in [-0.2, -0.15) is 0 Å². The van der Waals surface area contributed by atoms with Gasteiger partial charge < -0.3 is 15.5 Å². The highest BCUT2D eigenvalue weighted by Crippen LogP contribution is 2.17.